The van der Waals surface area contributed by atoms with Crippen molar-refractivity contribution >= 4 is 17.5 Å². The molecular weight excluding hydrogens is 282 g/mol. The molecule has 0 atom stereocenters. The first-order valence-corrected chi connectivity index (χ1v) is 8.17. The Bertz CT molecular complexity index is 430. The van der Waals surface area contributed by atoms with Crippen molar-refractivity contribution in [2.75, 3.05) is 52.9 Å². The smallest absolute Gasteiger partial charge is 0.267 e. The van der Waals surface area contributed by atoms with Gasteiger partial charge in [-0.2, -0.15) is 5.10 Å². The highest BCUT2D eigenvalue weighted by atomic mass is 16.2. The number of hydrogen-bond donors (Lipinski definition) is 1. The predicted octanol–water partition coefficient (Wildman–Crippen LogP) is -0.262. The quantitative estimate of drug-likeness (QED) is 0.686. The summed E-state index contributed by atoms with van der Waals surface area (Å²) in [7, 11) is 1.59. The lowest BCUT2D eigenvalue weighted by Crippen LogP contribution is -2.46. The molecule has 2 aliphatic heterocycles. The summed E-state index contributed by atoms with van der Waals surface area (Å²) in [4.78, 5) is 28.2. The third kappa shape index (κ3) is 4.78. The molecule has 2 heterocycles. The molecule has 1 saturated heterocycles. The number of nitrogens with zero attached hydrogens (tertiary/aromatic N) is 4. The fourth-order valence-corrected chi connectivity index (χ4v) is 2.77. The molecule has 7 heteroatoms. The fourth-order valence-electron chi connectivity index (χ4n) is 2.77. The van der Waals surface area contributed by atoms with E-state index < -0.39 is 0 Å². The number of amides is 2. The molecule has 0 unspecified atom stereocenters. The van der Waals surface area contributed by atoms with Crippen molar-refractivity contribution in [1.29, 1.82) is 0 Å². The molecule has 1 N–H and O–H groups in total. The van der Waals surface area contributed by atoms with E-state index in [9.17, 15) is 9.59 Å². The largest absolute Gasteiger partial charge is 0.351 e. The maximum absolute atomic E-state index is 12.0. The maximum Gasteiger partial charge on any atom is 0.267 e. The summed E-state index contributed by atoms with van der Waals surface area (Å²) in [5, 5.41) is 8.18. The van der Waals surface area contributed by atoms with E-state index in [2.05, 4.69) is 27.1 Å². The zero-order valence-electron chi connectivity index (χ0n) is 13.7. The first-order valence-electron chi connectivity index (χ1n) is 8.17. The molecule has 22 heavy (non-hydrogen) atoms. The zero-order valence-corrected chi connectivity index (χ0v) is 13.7. The van der Waals surface area contributed by atoms with Crippen LogP contribution in [0, 0.1) is 0 Å². The van der Waals surface area contributed by atoms with Crippen molar-refractivity contribution in [3.05, 3.63) is 0 Å². The van der Waals surface area contributed by atoms with Crippen molar-refractivity contribution in [2.45, 2.75) is 26.2 Å². The second-order valence-electron chi connectivity index (χ2n) is 5.85. The van der Waals surface area contributed by atoms with E-state index in [-0.39, 0.29) is 11.8 Å². The minimum absolute atomic E-state index is 0.0391. The Morgan fingerprint density at radius 3 is 2.50 bits per heavy atom. The minimum atomic E-state index is -0.143. The first-order chi connectivity index (χ1) is 10.6. The number of nitrogens with one attached hydrogen (secondary N) is 1. The molecule has 0 aromatic rings. The van der Waals surface area contributed by atoms with Crippen LogP contribution in [-0.2, 0) is 9.59 Å². The Morgan fingerprint density at radius 2 is 1.86 bits per heavy atom. The Kier molecular flexibility index (Phi) is 6.33. The zero-order chi connectivity index (χ0) is 15.9. The standard InChI is InChI=1S/C15H27N5O2/c1-3-19-9-11-20(12-10-19)8-4-7-16-15(22)13-5-6-14(21)18(2)17-13/h3-12H2,1-2H3,(H,16,22). The van der Waals surface area contributed by atoms with Crippen molar-refractivity contribution in [2.24, 2.45) is 5.10 Å². The van der Waals surface area contributed by atoms with E-state index in [1.54, 1.807) is 7.05 Å². The third-order valence-electron chi connectivity index (χ3n) is 4.32. The lowest BCUT2D eigenvalue weighted by molar-refractivity contribution is -0.130. The van der Waals surface area contributed by atoms with Gasteiger partial charge < -0.3 is 15.1 Å². The predicted molar refractivity (Wildman–Crippen MR) is 85.6 cm³/mol. The van der Waals surface area contributed by atoms with Gasteiger partial charge in [-0.15, -0.1) is 0 Å². The van der Waals surface area contributed by atoms with Gasteiger partial charge in [0.15, 0.2) is 0 Å². The van der Waals surface area contributed by atoms with E-state index in [4.69, 9.17) is 0 Å². The summed E-state index contributed by atoms with van der Waals surface area (Å²) in [6.07, 6.45) is 1.75. The average molecular weight is 309 g/mol. The van der Waals surface area contributed by atoms with Crippen LogP contribution >= 0.6 is 0 Å². The van der Waals surface area contributed by atoms with E-state index in [1.807, 2.05) is 0 Å². The van der Waals surface area contributed by atoms with Gasteiger partial charge in [-0.05, 0) is 19.5 Å². The van der Waals surface area contributed by atoms with Crippen LogP contribution in [-0.4, -0.2) is 85.2 Å². The number of carbonyl (C=O) groups is 2. The molecule has 1 fully saturated rings. The molecule has 2 rings (SSSR count). The molecular formula is C15H27N5O2. The van der Waals surface area contributed by atoms with E-state index in [0.29, 0.717) is 25.1 Å². The van der Waals surface area contributed by atoms with Crippen LogP contribution in [0.2, 0.25) is 0 Å². The summed E-state index contributed by atoms with van der Waals surface area (Å²) in [6.45, 7) is 9.50. The maximum atomic E-state index is 12.0. The van der Waals surface area contributed by atoms with Crippen molar-refractivity contribution in [3.8, 4) is 0 Å². The van der Waals surface area contributed by atoms with Gasteiger partial charge in [0.2, 0.25) is 5.91 Å². The third-order valence-corrected chi connectivity index (χ3v) is 4.32. The molecule has 0 aromatic carbocycles. The summed E-state index contributed by atoms with van der Waals surface area (Å²) >= 11 is 0. The van der Waals surface area contributed by atoms with E-state index in [1.165, 1.54) is 5.01 Å². The van der Waals surface area contributed by atoms with Gasteiger partial charge in [-0.25, -0.2) is 5.01 Å². The highest BCUT2D eigenvalue weighted by Gasteiger charge is 2.21. The molecule has 0 aliphatic carbocycles. The Morgan fingerprint density at radius 1 is 1.18 bits per heavy atom. The number of piperazine rings is 1. The van der Waals surface area contributed by atoms with Gasteiger partial charge in [-0.3, -0.25) is 9.59 Å². The van der Waals surface area contributed by atoms with E-state index in [0.717, 1.165) is 45.7 Å². The minimum Gasteiger partial charge on any atom is -0.351 e. The topological polar surface area (TPSA) is 68.2 Å². The molecule has 0 aromatic heterocycles. The summed E-state index contributed by atoms with van der Waals surface area (Å²) in [5.41, 5.74) is 0.457. The molecule has 2 amide bonds. The van der Waals surface area contributed by atoms with Gasteiger partial charge >= 0.3 is 0 Å². The van der Waals surface area contributed by atoms with Crippen molar-refractivity contribution in [3.63, 3.8) is 0 Å². The lowest BCUT2D eigenvalue weighted by Gasteiger charge is -2.33. The lowest BCUT2D eigenvalue weighted by atomic mass is 10.1. The van der Waals surface area contributed by atoms with Gasteiger partial charge in [0.1, 0.15) is 5.71 Å². The van der Waals surface area contributed by atoms with Crippen LogP contribution in [0.4, 0.5) is 0 Å². The monoisotopic (exact) mass is 309 g/mol. The second-order valence-corrected chi connectivity index (χ2v) is 5.85. The number of hydrogen-bond acceptors (Lipinski definition) is 5. The van der Waals surface area contributed by atoms with Gasteiger partial charge in [0, 0.05) is 52.6 Å². The molecule has 0 radical (unpaired) electrons. The number of carbonyl (C=O) groups excluding carboxylic acids is 2. The fraction of sp³-hybridized carbons (Fsp3) is 0.800. The van der Waals surface area contributed by atoms with Crippen molar-refractivity contribution in [1.82, 2.24) is 20.1 Å². The molecule has 0 spiro atoms. The highest BCUT2D eigenvalue weighted by molar-refractivity contribution is 6.39. The number of rotatable bonds is 6. The average Bonchev–Trinajstić information content (AvgIpc) is 2.54. The van der Waals surface area contributed by atoms with Gasteiger partial charge in [0.25, 0.3) is 5.91 Å². The van der Waals surface area contributed by atoms with Crippen LogP contribution in [0.5, 0.6) is 0 Å². The van der Waals surface area contributed by atoms with Crippen LogP contribution < -0.4 is 5.32 Å². The normalized spacial score (nSPS) is 20.9. The van der Waals surface area contributed by atoms with Crippen LogP contribution in [0.3, 0.4) is 0 Å². The number of hydrazone groups is 1. The van der Waals surface area contributed by atoms with Crippen LogP contribution in [0.1, 0.15) is 26.2 Å². The molecule has 2 aliphatic rings. The second kappa shape index (κ2) is 8.24. The molecule has 0 saturated carbocycles. The highest BCUT2D eigenvalue weighted by Crippen LogP contribution is 2.07. The van der Waals surface area contributed by atoms with E-state index >= 15 is 0 Å². The van der Waals surface area contributed by atoms with Gasteiger partial charge in [-0.1, -0.05) is 6.92 Å². The SMILES string of the molecule is CCN1CCN(CCCNC(=O)C2=NN(C)C(=O)CC2)CC1. The number of likely N-dealkylation sites (N-methyl/N-ethyl adjacent to an activating group) is 1. The summed E-state index contributed by atoms with van der Waals surface area (Å²) in [6, 6.07) is 0. The summed E-state index contributed by atoms with van der Waals surface area (Å²) in [5.74, 6) is -0.182. The Hall–Kier alpha value is -1.47. The molecule has 0 bridgehead atoms. The van der Waals surface area contributed by atoms with Crippen LogP contribution in [0.15, 0.2) is 5.10 Å². The van der Waals surface area contributed by atoms with Gasteiger partial charge in [0.05, 0.1) is 0 Å². The first kappa shape index (κ1) is 16.9. The van der Waals surface area contributed by atoms with Crippen molar-refractivity contribution < 1.29 is 9.59 Å². The Balaban J connectivity index is 1.62. The summed E-state index contributed by atoms with van der Waals surface area (Å²) < 4.78 is 0. The Labute approximate surface area is 132 Å². The molecule has 124 valence electrons. The van der Waals surface area contributed by atoms with Crippen LogP contribution in [0.25, 0.3) is 0 Å². The molecule has 7 nitrogen and oxygen atoms in total.